The molecule has 0 amide bonds. The molecule has 3 heteroatoms. The van der Waals surface area contributed by atoms with Gasteiger partial charge in [-0.05, 0) is 32.4 Å². The Morgan fingerprint density at radius 2 is 2.38 bits per heavy atom. The number of rotatable bonds is 3. The maximum Gasteiger partial charge on any atom is 0.0870 e. The molecule has 0 spiro atoms. The summed E-state index contributed by atoms with van der Waals surface area (Å²) in [6, 6.07) is 3.40. The lowest BCUT2D eigenvalue weighted by molar-refractivity contribution is 0.178. The predicted molar refractivity (Wildman–Crippen MR) is 57.8 cm³/mol. The van der Waals surface area contributed by atoms with Crippen molar-refractivity contribution >= 4 is 11.8 Å². The van der Waals surface area contributed by atoms with Gasteiger partial charge in [-0.3, -0.25) is 4.90 Å². The Balaban J connectivity index is 2.47. The lowest BCUT2D eigenvalue weighted by atomic mass is 10.1. The van der Waals surface area contributed by atoms with E-state index in [1.165, 1.54) is 24.3 Å². The Morgan fingerprint density at radius 1 is 1.62 bits per heavy atom. The summed E-state index contributed by atoms with van der Waals surface area (Å²) in [5.41, 5.74) is 0. The molecule has 1 fully saturated rings. The summed E-state index contributed by atoms with van der Waals surface area (Å²) in [6.07, 6.45) is 2.58. The quantitative estimate of drug-likeness (QED) is 0.650. The summed E-state index contributed by atoms with van der Waals surface area (Å²) in [5, 5.41) is 8.72. The lowest BCUT2D eigenvalue weighted by Crippen LogP contribution is -2.43. The van der Waals surface area contributed by atoms with Crippen LogP contribution in [-0.2, 0) is 0 Å². The third-order valence-electron chi connectivity index (χ3n) is 2.52. The van der Waals surface area contributed by atoms with E-state index in [0.29, 0.717) is 18.6 Å². The first kappa shape index (κ1) is 10.9. The molecule has 0 aliphatic carbocycles. The van der Waals surface area contributed by atoms with Crippen molar-refractivity contribution in [3.8, 4) is 6.07 Å². The van der Waals surface area contributed by atoms with Crippen LogP contribution in [0.25, 0.3) is 0 Å². The van der Waals surface area contributed by atoms with E-state index in [2.05, 4.69) is 24.8 Å². The number of hydrogen-bond donors (Lipinski definition) is 0. The molecule has 74 valence electrons. The van der Waals surface area contributed by atoms with E-state index in [-0.39, 0.29) is 0 Å². The fraction of sp³-hybridized carbons (Fsp3) is 0.900. The molecule has 1 saturated heterocycles. The first-order valence-electron chi connectivity index (χ1n) is 4.96. The summed E-state index contributed by atoms with van der Waals surface area (Å²) >= 11 is 2.02. The van der Waals surface area contributed by atoms with E-state index >= 15 is 0 Å². The van der Waals surface area contributed by atoms with Gasteiger partial charge < -0.3 is 0 Å². The zero-order valence-electron chi connectivity index (χ0n) is 8.49. The Bertz CT molecular complexity index is 180. The minimum atomic E-state index is 0.503. The van der Waals surface area contributed by atoms with Crippen molar-refractivity contribution < 1.29 is 0 Å². The molecule has 0 aromatic rings. The monoisotopic (exact) mass is 198 g/mol. The summed E-state index contributed by atoms with van der Waals surface area (Å²) in [7, 11) is 0. The smallest absolute Gasteiger partial charge is 0.0870 e. The summed E-state index contributed by atoms with van der Waals surface area (Å²) in [5.74, 6) is 2.51. The van der Waals surface area contributed by atoms with E-state index in [4.69, 9.17) is 5.26 Å². The van der Waals surface area contributed by atoms with Crippen molar-refractivity contribution in [2.75, 3.05) is 18.1 Å². The van der Waals surface area contributed by atoms with Crippen molar-refractivity contribution in [3.63, 3.8) is 0 Å². The Labute approximate surface area is 85.3 Å². The van der Waals surface area contributed by atoms with E-state index < -0.39 is 0 Å². The molecular weight excluding hydrogens is 180 g/mol. The zero-order chi connectivity index (χ0) is 9.68. The molecule has 0 aromatic heterocycles. The van der Waals surface area contributed by atoms with E-state index in [1.807, 2.05) is 11.8 Å². The highest BCUT2D eigenvalue weighted by molar-refractivity contribution is 7.99. The summed E-state index contributed by atoms with van der Waals surface area (Å²) in [4.78, 5) is 2.33. The highest BCUT2D eigenvalue weighted by atomic mass is 32.2. The molecule has 1 aliphatic rings. The topological polar surface area (TPSA) is 27.0 Å². The van der Waals surface area contributed by atoms with Gasteiger partial charge in [-0.25, -0.2) is 0 Å². The molecule has 1 rings (SSSR count). The van der Waals surface area contributed by atoms with Gasteiger partial charge in [0.25, 0.3) is 0 Å². The van der Waals surface area contributed by atoms with Crippen molar-refractivity contribution in [2.45, 2.75) is 38.8 Å². The zero-order valence-corrected chi connectivity index (χ0v) is 9.31. The molecule has 1 atom stereocenters. The molecule has 0 radical (unpaired) electrons. The van der Waals surface area contributed by atoms with Gasteiger partial charge in [0, 0.05) is 17.8 Å². The fourth-order valence-electron chi connectivity index (χ4n) is 1.80. The van der Waals surface area contributed by atoms with Crippen LogP contribution >= 0.6 is 11.8 Å². The molecule has 0 saturated carbocycles. The van der Waals surface area contributed by atoms with Gasteiger partial charge in [0.15, 0.2) is 0 Å². The van der Waals surface area contributed by atoms with E-state index in [0.717, 1.165) is 0 Å². The molecule has 13 heavy (non-hydrogen) atoms. The van der Waals surface area contributed by atoms with Crippen LogP contribution in [0.15, 0.2) is 0 Å². The van der Waals surface area contributed by atoms with Gasteiger partial charge in [0.05, 0.1) is 12.6 Å². The van der Waals surface area contributed by atoms with Crippen LogP contribution < -0.4 is 0 Å². The molecular formula is C10H18N2S. The predicted octanol–water partition coefficient (Wildman–Crippen LogP) is 2.12. The highest BCUT2D eigenvalue weighted by Crippen LogP contribution is 2.22. The largest absolute Gasteiger partial charge is 0.284 e. The third-order valence-corrected chi connectivity index (χ3v) is 3.72. The highest BCUT2D eigenvalue weighted by Gasteiger charge is 2.22. The minimum Gasteiger partial charge on any atom is -0.284 e. The fourth-order valence-corrected chi connectivity index (χ4v) is 2.97. The summed E-state index contributed by atoms with van der Waals surface area (Å²) in [6.45, 7) is 4.94. The first-order chi connectivity index (χ1) is 6.25. The molecule has 0 aromatic carbocycles. The van der Waals surface area contributed by atoms with Gasteiger partial charge in [-0.2, -0.15) is 17.0 Å². The SMILES string of the molecule is CC(C)N(CC#N)C1CCCSC1. The first-order valence-corrected chi connectivity index (χ1v) is 6.11. The summed E-state index contributed by atoms with van der Waals surface area (Å²) < 4.78 is 0. The molecule has 1 heterocycles. The molecule has 1 unspecified atom stereocenters. The number of nitrogens with zero attached hydrogens (tertiary/aromatic N) is 2. The maximum atomic E-state index is 8.72. The Hall–Kier alpha value is -0.200. The van der Waals surface area contributed by atoms with Crippen LogP contribution in [0, 0.1) is 11.3 Å². The maximum absolute atomic E-state index is 8.72. The van der Waals surface area contributed by atoms with Crippen LogP contribution in [0.5, 0.6) is 0 Å². The number of thioether (sulfide) groups is 1. The molecule has 0 bridgehead atoms. The van der Waals surface area contributed by atoms with Crippen LogP contribution in [-0.4, -0.2) is 35.0 Å². The molecule has 1 aliphatic heterocycles. The van der Waals surface area contributed by atoms with E-state index in [1.54, 1.807) is 0 Å². The second-order valence-corrected chi connectivity index (χ2v) is 4.94. The molecule has 2 nitrogen and oxygen atoms in total. The second-order valence-electron chi connectivity index (χ2n) is 3.80. The standard InChI is InChI=1S/C10H18N2S/c1-9(2)12(6-5-11)10-4-3-7-13-8-10/h9-10H,3-4,6-8H2,1-2H3. The van der Waals surface area contributed by atoms with Crippen molar-refractivity contribution in [1.29, 1.82) is 5.26 Å². The Morgan fingerprint density at radius 3 is 2.85 bits per heavy atom. The number of nitriles is 1. The van der Waals surface area contributed by atoms with Crippen molar-refractivity contribution in [1.82, 2.24) is 4.90 Å². The normalized spacial score (nSPS) is 23.5. The van der Waals surface area contributed by atoms with Crippen molar-refractivity contribution in [3.05, 3.63) is 0 Å². The average Bonchev–Trinajstić information content (AvgIpc) is 2.15. The lowest BCUT2D eigenvalue weighted by Gasteiger charge is -2.35. The van der Waals surface area contributed by atoms with Gasteiger partial charge in [-0.1, -0.05) is 0 Å². The van der Waals surface area contributed by atoms with Crippen LogP contribution in [0.4, 0.5) is 0 Å². The third kappa shape index (κ3) is 3.21. The number of hydrogen-bond acceptors (Lipinski definition) is 3. The second kappa shape index (κ2) is 5.51. The van der Waals surface area contributed by atoms with E-state index in [9.17, 15) is 0 Å². The Kier molecular flexibility index (Phi) is 4.61. The van der Waals surface area contributed by atoms with Gasteiger partial charge in [-0.15, -0.1) is 0 Å². The van der Waals surface area contributed by atoms with Crippen LogP contribution in [0.1, 0.15) is 26.7 Å². The van der Waals surface area contributed by atoms with Gasteiger partial charge in [0.2, 0.25) is 0 Å². The van der Waals surface area contributed by atoms with Crippen molar-refractivity contribution in [2.24, 2.45) is 0 Å². The van der Waals surface area contributed by atoms with Gasteiger partial charge >= 0.3 is 0 Å². The van der Waals surface area contributed by atoms with Crippen LogP contribution in [0.2, 0.25) is 0 Å². The molecule has 0 N–H and O–H groups in total. The minimum absolute atomic E-state index is 0.503. The average molecular weight is 198 g/mol. The van der Waals surface area contributed by atoms with Crippen LogP contribution in [0.3, 0.4) is 0 Å². The van der Waals surface area contributed by atoms with Gasteiger partial charge in [0.1, 0.15) is 0 Å².